The van der Waals surface area contributed by atoms with E-state index < -0.39 is 0 Å². The first-order chi connectivity index (χ1) is 14.9. The summed E-state index contributed by atoms with van der Waals surface area (Å²) >= 11 is 0. The van der Waals surface area contributed by atoms with Crippen LogP contribution in [0.1, 0.15) is 41.2 Å². The molecule has 150 valence electrons. The van der Waals surface area contributed by atoms with E-state index in [2.05, 4.69) is 103 Å². The molecule has 2 fully saturated rings. The predicted octanol–water partition coefficient (Wildman–Crippen LogP) is 6.45. The van der Waals surface area contributed by atoms with E-state index in [9.17, 15) is 0 Å². The Balaban J connectivity index is 1.36. The number of hydrogen-bond acceptors (Lipinski definition) is 2. The molecule has 2 aliphatic carbocycles. The molecule has 1 saturated heterocycles. The van der Waals surface area contributed by atoms with Crippen molar-refractivity contribution in [1.82, 2.24) is 0 Å². The summed E-state index contributed by atoms with van der Waals surface area (Å²) in [6.07, 6.45) is 5.65. The maximum atomic E-state index is 6.75. The summed E-state index contributed by atoms with van der Waals surface area (Å²) in [5.41, 5.74) is 3.78. The Morgan fingerprint density at radius 2 is 1.00 bits per heavy atom. The summed E-state index contributed by atoms with van der Waals surface area (Å²) in [5, 5.41) is 0. The molecule has 2 nitrogen and oxygen atoms in total. The van der Waals surface area contributed by atoms with Crippen molar-refractivity contribution in [2.24, 2.45) is 17.8 Å². The lowest BCUT2D eigenvalue weighted by Gasteiger charge is -2.32. The molecule has 2 heteroatoms. The van der Waals surface area contributed by atoms with Crippen LogP contribution in [-0.4, -0.2) is 6.29 Å². The van der Waals surface area contributed by atoms with Crippen molar-refractivity contribution < 1.29 is 9.47 Å². The number of fused-ring (bicyclic) bond motifs is 2. The van der Waals surface area contributed by atoms with Gasteiger partial charge in [-0.05, 0) is 40.9 Å². The molecule has 0 aromatic heterocycles. The molecule has 0 unspecified atom stereocenters. The Bertz CT molecular complexity index is 967. The summed E-state index contributed by atoms with van der Waals surface area (Å²) in [7, 11) is 0. The van der Waals surface area contributed by atoms with E-state index in [4.69, 9.17) is 9.47 Å². The van der Waals surface area contributed by atoms with Crippen molar-refractivity contribution >= 4 is 0 Å². The summed E-state index contributed by atoms with van der Waals surface area (Å²) < 4.78 is 13.5. The van der Waals surface area contributed by atoms with Crippen LogP contribution in [-0.2, 0) is 9.47 Å². The lowest BCUT2D eigenvalue weighted by atomic mass is 9.78. The van der Waals surface area contributed by atoms with Crippen LogP contribution in [0.25, 0.3) is 0 Å². The predicted molar refractivity (Wildman–Crippen MR) is 118 cm³/mol. The van der Waals surface area contributed by atoms with Crippen molar-refractivity contribution in [1.29, 1.82) is 0 Å². The van der Waals surface area contributed by atoms with Gasteiger partial charge in [-0.3, -0.25) is 0 Å². The Labute approximate surface area is 178 Å². The summed E-state index contributed by atoms with van der Waals surface area (Å²) in [6, 6.07) is 32.0. The second-order valence-electron chi connectivity index (χ2n) is 8.77. The first kappa shape index (κ1) is 18.1. The summed E-state index contributed by atoms with van der Waals surface area (Å²) in [6.45, 7) is 0. The molecule has 3 aromatic carbocycles. The average Bonchev–Trinajstić information content (AvgIpc) is 3.55. The quantitative estimate of drug-likeness (QED) is 0.474. The van der Waals surface area contributed by atoms with Crippen LogP contribution in [0.2, 0.25) is 0 Å². The van der Waals surface area contributed by atoms with Crippen molar-refractivity contribution in [3.63, 3.8) is 0 Å². The second kappa shape index (κ2) is 7.54. The summed E-state index contributed by atoms with van der Waals surface area (Å²) in [4.78, 5) is 0. The van der Waals surface area contributed by atoms with Crippen LogP contribution >= 0.6 is 0 Å². The van der Waals surface area contributed by atoms with Gasteiger partial charge in [0.25, 0.3) is 0 Å². The molecule has 2 bridgehead atoms. The van der Waals surface area contributed by atoms with Gasteiger partial charge < -0.3 is 9.47 Å². The van der Waals surface area contributed by atoms with E-state index in [1.54, 1.807) is 0 Å². The van der Waals surface area contributed by atoms with Gasteiger partial charge in [0.05, 0.1) is 0 Å². The Hall–Kier alpha value is -2.68. The van der Waals surface area contributed by atoms with Crippen molar-refractivity contribution in [3.05, 3.63) is 120 Å². The highest BCUT2D eigenvalue weighted by molar-refractivity contribution is 5.31. The van der Waals surface area contributed by atoms with E-state index >= 15 is 0 Å². The van der Waals surface area contributed by atoms with Crippen molar-refractivity contribution in [3.8, 4) is 0 Å². The standard InChI is InChI=1S/C28H26O2/c1-4-10-19(11-5-1)24-22-16-17-23(18-22)25(24)28-29-26(20-12-6-2-7-13-20)27(30-28)21-14-8-3-9-15-21/h1-17,22-28H,18H2/t22-,23+,24+,25+,26-,27-/m0/s1. The molecule has 1 saturated carbocycles. The molecule has 0 spiro atoms. The molecule has 6 atom stereocenters. The third kappa shape index (κ3) is 3.03. The van der Waals surface area contributed by atoms with E-state index in [1.807, 2.05) is 0 Å². The van der Waals surface area contributed by atoms with E-state index in [-0.39, 0.29) is 18.5 Å². The first-order valence-electron chi connectivity index (χ1n) is 11.0. The normalized spacial score (nSPS) is 32.7. The number of rotatable bonds is 4. The van der Waals surface area contributed by atoms with Crippen molar-refractivity contribution in [2.45, 2.75) is 30.8 Å². The third-order valence-corrected chi connectivity index (χ3v) is 7.11. The van der Waals surface area contributed by atoms with Gasteiger partial charge >= 0.3 is 0 Å². The average molecular weight is 395 g/mol. The van der Waals surface area contributed by atoms with Gasteiger partial charge in [0.2, 0.25) is 0 Å². The van der Waals surface area contributed by atoms with Crippen molar-refractivity contribution in [2.75, 3.05) is 0 Å². The lowest BCUT2D eigenvalue weighted by molar-refractivity contribution is -0.116. The van der Waals surface area contributed by atoms with Crippen LogP contribution in [0.4, 0.5) is 0 Å². The number of ether oxygens (including phenoxy) is 2. The van der Waals surface area contributed by atoms with Gasteiger partial charge in [-0.1, -0.05) is 103 Å². The monoisotopic (exact) mass is 394 g/mol. The zero-order chi connectivity index (χ0) is 19.9. The molecular weight excluding hydrogens is 368 g/mol. The van der Waals surface area contributed by atoms with Gasteiger partial charge in [-0.25, -0.2) is 0 Å². The molecule has 1 heterocycles. The van der Waals surface area contributed by atoms with Gasteiger partial charge in [-0.15, -0.1) is 0 Å². The van der Waals surface area contributed by atoms with E-state index in [0.717, 1.165) is 0 Å². The maximum Gasteiger partial charge on any atom is 0.163 e. The molecule has 6 rings (SSSR count). The van der Waals surface area contributed by atoms with Crippen LogP contribution in [0.3, 0.4) is 0 Å². The minimum absolute atomic E-state index is 0.0851. The largest absolute Gasteiger partial charge is 0.341 e. The molecule has 0 radical (unpaired) electrons. The van der Waals surface area contributed by atoms with Gasteiger partial charge in [0, 0.05) is 5.92 Å². The lowest BCUT2D eigenvalue weighted by Crippen LogP contribution is -2.31. The topological polar surface area (TPSA) is 18.5 Å². The van der Waals surface area contributed by atoms with Crippen LogP contribution in [0.5, 0.6) is 0 Å². The first-order valence-corrected chi connectivity index (χ1v) is 11.0. The summed E-state index contributed by atoms with van der Waals surface area (Å²) in [5.74, 6) is 1.91. The maximum absolute atomic E-state index is 6.75. The molecule has 1 aliphatic heterocycles. The van der Waals surface area contributed by atoms with Crippen LogP contribution in [0, 0.1) is 17.8 Å². The third-order valence-electron chi connectivity index (χ3n) is 7.11. The van der Waals surface area contributed by atoms with Crippen LogP contribution < -0.4 is 0 Å². The minimum Gasteiger partial charge on any atom is -0.341 e. The fraction of sp³-hybridized carbons (Fsp3) is 0.286. The molecule has 30 heavy (non-hydrogen) atoms. The van der Waals surface area contributed by atoms with Gasteiger partial charge in [0.1, 0.15) is 12.2 Å². The second-order valence-corrected chi connectivity index (χ2v) is 8.77. The molecule has 0 amide bonds. The van der Waals surface area contributed by atoms with E-state index in [0.29, 0.717) is 23.7 Å². The Morgan fingerprint density at radius 1 is 0.533 bits per heavy atom. The Morgan fingerprint density at radius 3 is 1.53 bits per heavy atom. The number of benzene rings is 3. The zero-order valence-electron chi connectivity index (χ0n) is 16.9. The van der Waals surface area contributed by atoms with Crippen LogP contribution in [0.15, 0.2) is 103 Å². The Kier molecular flexibility index (Phi) is 4.55. The minimum atomic E-state index is -0.203. The molecular formula is C28H26O2. The van der Waals surface area contributed by atoms with Gasteiger partial charge in [-0.2, -0.15) is 0 Å². The van der Waals surface area contributed by atoms with E-state index in [1.165, 1.54) is 23.1 Å². The highest BCUT2D eigenvalue weighted by Crippen LogP contribution is 2.58. The fourth-order valence-corrected chi connectivity index (χ4v) is 5.81. The highest BCUT2D eigenvalue weighted by Gasteiger charge is 2.53. The highest BCUT2D eigenvalue weighted by atomic mass is 16.7. The van der Waals surface area contributed by atoms with Gasteiger partial charge in [0.15, 0.2) is 6.29 Å². The molecule has 3 aromatic rings. The fourth-order valence-electron chi connectivity index (χ4n) is 5.81. The molecule has 3 aliphatic rings. The SMILES string of the molecule is C1=C[C@H]2C[C@@H]1[C@@H](C1O[C@@H](c3ccccc3)[C@H](c3ccccc3)O1)[C@@H]2c1ccccc1. The smallest absolute Gasteiger partial charge is 0.163 e. The molecule has 0 N–H and O–H groups in total. The number of hydrogen-bond donors (Lipinski definition) is 0. The number of allylic oxidation sites excluding steroid dienone is 2. The zero-order valence-corrected chi connectivity index (χ0v) is 16.9.